The Morgan fingerprint density at radius 1 is 1.25 bits per heavy atom. The number of hydrogen-bond donors (Lipinski definition) is 1. The van der Waals surface area contributed by atoms with Gasteiger partial charge in [0.25, 0.3) is 0 Å². The third-order valence-electron chi connectivity index (χ3n) is 2.92. The van der Waals surface area contributed by atoms with Crippen molar-refractivity contribution in [2.24, 2.45) is 0 Å². The summed E-state index contributed by atoms with van der Waals surface area (Å²) in [6.07, 6.45) is 4.96. The summed E-state index contributed by atoms with van der Waals surface area (Å²) in [6, 6.07) is 11.9. The first-order valence-electron chi connectivity index (χ1n) is 6.37. The molecule has 0 spiro atoms. The molecule has 3 heteroatoms. The second-order valence-electron chi connectivity index (χ2n) is 4.34. The largest absolute Gasteiger partial charge is 0.497 e. The lowest BCUT2D eigenvalue weighted by molar-refractivity contribution is -0.116. The van der Waals surface area contributed by atoms with Gasteiger partial charge in [0.2, 0.25) is 5.91 Å². The van der Waals surface area contributed by atoms with E-state index in [2.05, 4.69) is 11.9 Å². The van der Waals surface area contributed by atoms with Crippen molar-refractivity contribution in [2.75, 3.05) is 13.7 Å². The lowest BCUT2D eigenvalue weighted by Gasteiger charge is -2.03. The minimum absolute atomic E-state index is 0.125. The number of hydrogen-bond acceptors (Lipinski definition) is 2. The molecule has 0 atom stereocenters. The van der Waals surface area contributed by atoms with Crippen LogP contribution in [0.5, 0.6) is 5.75 Å². The van der Waals surface area contributed by atoms with Crippen LogP contribution in [0.3, 0.4) is 0 Å². The number of benzene rings is 2. The number of carbonyl (C=O) groups is 1. The molecule has 1 N–H and O–H groups in total. The fraction of sp³-hybridized carbons (Fsp3) is 0.118. The Bertz CT molecular complexity index is 659. The van der Waals surface area contributed by atoms with Gasteiger partial charge in [-0.25, -0.2) is 0 Å². The molecule has 0 aliphatic rings. The van der Waals surface area contributed by atoms with Crippen LogP contribution in [0.2, 0.25) is 0 Å². The maximum absolute atomic E-state index is 11.5. The van der Waals surface area contributed by atoms with E-state index in [1.165, 1.54) is 6.08 Å². The molecular weight excluding hydrogens is 250 g/mol. The van der Waals surface area contributed by atoms with Crippen LogP contribution < -0.4 is 10.1 Å². The van der Waals surface area contributed by atoms with Crippen LogP contribution in [0.25, 0.3) is 16.8 Å². The van der Waals surface area contributed by atoms with E-state index in [4.69, 9.17) is 4.74 Å². The van der Waals surface area contributed by atoms with Crippen LogP contribution in [0.1, 0.15) is 5.56 Å². The van der Waals surface area contributed by atoms with E-state index in [-0.39, 0.29) is 5.91 Å². The van der Waals surface area contributed by atoms with Crippen molar-refractivity contribution in [1.82, 2.24) is 5.32 Å². The van der Waals surface area contributed by atoms with Crippen LogP contribution in [-0.2, 0) is 4.79 Å². The van der Waals surface area contributed by atoms with Crippen LogP contribution >= 0.6 is 0 Å². The Balaban J connectivity index is 2.17. The Hall–Kier alpha value is -2.55. The summed E-state index contributed by atoms with van der Waals surface area (Å²) in [5.74, 6) is 0.712. The van der Waals surface area contributed by atoms with Crippen LogP contribution in [0.4, 0.5) is 0 Å². The number of carbonyl (C=O) groups excluding carboxylic acids is 1. The van der Waals surface area contributed by atoms with E-state index in [9.17, 15) is 4.79 Å². The van der Waals surface area contributed by atoms with Crippen molar-refractivity contribution in [3.63, 3.8) is 0 Å². The van der Waals surface area contributed by atoms with E-state index >= 15 is 0 Å². The van der Waals surface area contributed by atoms with Gasteiger partial charge in [-0.05, 0) is 40.6 Å². The van der Waals surface area contributed by atoms with Crippen LogP contribution in [0.15, 0.2) is 55.1 Å². The van der Waals surface area contributed by atoms with Crippen molar-refractivity contribution in [3.8, 4) is 5.75 Å². The Morgan fingerprint density at radius 3 is 2.75 bits per heavy atom. The quantitative estimate of drug-likeness (QED) is 0.667. The van der Waals surface area contributed by atoms with Gasteiger partial charge in [-0.3, -0.25) is 4.79 Å². The first-order chi connectivity index (χ1) is 9.72. The first kappa shape index (κ1) is 13.9. The highest BCUT2D eigenvalue weighted by atomic mass is 16.5. The summed E-state index contributed by atoms with van der Waals surface area (Å²) < 4.78 is 5.19. The molecule has 0 saturated heterocycles. The van der Waals surface area contributed by atoms with Crippen LogP contribution in [-0.4, -0.2) is 19.6 Å². The number of amides is 1. The molecule has 3 nitrogen and oxygen atoms in total. The molecule has 0 aliphatic carbocycles. The molecule has 0 heterocycles. The zero-order valence-corrected chi connectivity index (χ0v) is 11.4. The topological polar surface area (TPSA) is 38.3 Å². The monoisotopic (exact) mass is 267 g/mol. The molecule has 0 bridgehead atoms. The molecule has 2 aromatic carbocycles. The molecule has 20 heavy (non-hydrogen) atoms. The average molecular weight is 267 g/mol. The summed E-state index contributed by atoms with van der Waals surface area (Å²) in [7, 11) is 1.65. The Morgan fingerprint density at radius 2 is 2.00 bits per heavy atom. The fourth-order valence-electron chi connectivity index (χ4n) is 1.88. The molecule has 0 aromatic heterocycles. The summed E-state index contributed by atoms with van der Waals surface area (Å²) in [5.41, 5.74) is 0.983. The van der Waals surface area contributed by atoms with Crippen molar-refractivity contribution in [2.45, 2.75) is 0 Å². The van der Waals surface area contributed by atoms with Gasteiger partial charge in [0.15, 0.2) is 0 Å². The zero-order valence-electron chi connectivity index (χ0n) is 11.4. The Kier molecular flexibility index (Phi) is 4.56. The highest BCUT2D eigenvalue weighted by molar-refractivity contribution is 5.93. The third kappa shape index (κ3) is 3.48. The van der Waals surface area contributed by atoms with E-state index in [0.29, 0.717) is 6.54 Å². The predicted molar refractivity (Wildman–Crippen MR) is 82.7 cm³/mol. The summed E-state index contributed by atoms with van der Waals surface area (Å²) in [6.45, 7) is 4.02. The van der Waals surface area contributed by atoms with E-state index in [1.54, 1.807) is 19.3 Å². The number of methoxy groups -OCH3 is 1. The second kappa shape index (κ2) is 6.57. The first-order valence-corrected chi connectivity index (χ1v) is 6.37. The molecular formula is C17H17NO2. The van der Waals surface area contributed by atoms with Gasteiger partial charge >= 0.3 is 0 Å². The number of nitrogens with one attached hydrogen (secondary N) is 1. The molecule has 2 aromatic rings. The van der Waals surface area contributed by atoms with Crippen molar-refractivity contribution in [1.29, 1.82) is 0 Å². The highest BCUT2D eigenvalue weighted by Crippen LogP contribution is 2.22. The predicted octanol–water partition coefficient (Wildman–Crippen LogP) is 3.16. The minimum Gasteiger partial charge on any atom is -0.497 e. The lowest BCUT2D eigenvalue weighted by atomic mass is 10.1. The maximum atomic E-state index is 11.5. The molecule has 0 fully saturated rings. The van der Waals surface area contributed by atoms with Crippen molar-refractivity contribution in [3.05, 3.63) is 60.7 Å². The minimum atomic E-state index is -0.125. The SMILES string of the molecule is C=CCNC(=O)/C=C/c1ccc2cc(OC)ccc2c1. The van der Waals surface area contributed by atoms with Gasteiger partial charge in [-0.2, -0.15) is 0 Å². The molecule has 1 amide bonds. The summed E-state index contributed by atoms with van der Waals surface area (Å²) in [4.78, 5) is 11.5. The maximum Gasteiger partial charge on any atom is 0.244 e. The molecule has 102 valence electrons. The average Bonchev–Trinajstić information content (AvgIpc) is 2.50. The number of fused-ring (bicyclic) bond motifs is 1. The van der Waals surface area contributed by atoms with Gasteiger partial charge in [0.05, 0.1) is 7.11 Å². The smallest absolute Gasteiger partial charge is 0.244 e. The Labute approximate surface area is 118 Å². The van der Waals surface area contributed by atoms with E-state index in [0.717, 1.165) is 22.1 Å². The fourth-order valence-corrected chi connectivity index (χ4v) is 1.88. The van der Waals surface area contributed by atoms with E-state index in [1.807, 2.05) is 36.4 Å². The van der Waals surface area contributed by atoms with E-state index < -0.39 is 0 Å². The highest BCUT2D eigenvalue weighted by Gasteiger charge is 1.98. The molecule has 0 aliphatic heterocycles. The molecule has 0 unspecified atom stereocenters. The van der Waals surface area contributed by atoms with Gasteiger partial charge in [-0.15, -0.1) is 6.58 Å². The van der Waals surface area contributed by atoms with Gasteiger partial charge in [-0.1, -0.05) is 24.3 Å². The van der Waals surface area contributed by atoms with Gasteiger partial charge in [0, 0.05) is 12.6 Å². The second-order valence-corrected chi connectivity index (χ2v) is 4.34. The van der Waals surface area contributed by atoms with Crippen molar-refractivity contribution < 1.29 is 9.53 Å². The number of rotatable bonds is 5. The molecule has 2 rings (SSSR count). The van der Waals surface area contributed by atoms with Crippen LogP contribution in [0, 0.1) is 0 Å². The van der Waals surface area contributed by atoms with Gasteiger partial charge in [0.1, 0.15) is 5.75 Å². The molecule has 0 radical (unpaired) electrons. The number of ether oxygens (including phenoxy) is 1. The normalized spacial score (nSPS) is 10.7. The lowest BCUT2D eigenvalue weighted by Crippen LogP contribution is -2.20. The third-order valence-corrected chi connectivity index (χ3v) is 2.92. The summed E-state index contributed by atoms with van der Waals surface area (Å²) in [5, 5.41) is 4.91. The van der Waals surface area contributed by atoms with Gasteiger partial charge < -0.3 is 10.1 Å². The zero-order chi connectivity index (χ0) is 14.4. The summed E-state index contributed by atoms with van der Waals surface area (Å²) >= 11 is 0. The standard InChI is InChI=1S/C17H17NO2/c1-3-10-18-17(19)9-5-13-4-6-15-12-16(20-2)8-7-14(15)11-13/h3-9,11-12H,1,10H2,2H3,(H,18,19)/b9-5+. The van der Waals surface area contributed by atoms with Crippen molar-refractivity contribution >= 4 is 22.8 Å². The molecule has 0 saturated carbocycles.